The zero-order chi connectivity index (χ0) is 22.9. The molecule has 0 aliphatic carbocycles. The zero-order valence-electron chi connectivity index (χ0n) is 17.9. The number of piperidine rings is 1. The molecule has 1 aromatic heterocycles. The molecule has 2 aromatic rings. The van der Waals surface area contributed by atoms with Crippen LogP contribution in [0.1, 0.15) is 30.1 Å². The van der Waals surface area contributed by atoms with Crippen LogP contribution < -0.4 is 4.90 Å². The third kappa shape index (κ3) is 4.39. The fourth-order valence-corrected chi connectivity index (χ4v) is 5.80. The Bertz CT molecular complexity index is 1110. The quantitative estimate of drug-likeness (QED) is 0.649. The van der Waals surface area contributed by atoms with E-state index in [4.69, 9.17) is 11.6 Å². The summed E-state index contributed by atoms with van der Waals surface area (Å²) in [6.07, 6.45) is 2.07. The van der Waals surface area contributed by atoms with E-state index in [1.54, 1.807) is 0 Å². The summed E-state index contributed by atoms with van der Waals surface area (Å²) in [4.78, 5) is 28.2. The van der Waals surface area contributed by atoms with Crippen LogP contribution in [-0.4, -0.2) is 78.4 Å². The number of benzene rings is 1. The molecule has 32 heavy (non-hydrogen) atoms. The summed E-state index contributed by atoms with van der Waals surface area (Å²) >= 11 is 6.29. The number of carbonyl (C=O) groups excluding carboxylic acids is 2. The summed E-state index contributed by atoms with van der Waals surface area (Å²) in [5.74, 6) is -0.284. The number of piperazine rings is 1. The molecule has 2 saturated heterocycles. The molecule has 4 rings (SSSR count). The number of amides is 1. The summed E-state index contributed by atoms with van der Waals surface area (Å²) in [5.41, 5.74) is 0.937. The minimum absolute atomic E-state index is 0.0646. The van der Waals surface area contributed by atoms with Gasteiger partial charge in [0.25, 0.3) is 15.9 Å². The van der Waals surface area contributed by atoms with Crippen LogP contribution in [-0.2, 0) is 21.4 Å². The molecular formula is C21H26ClN5O4S. The summed E-state index contributed by atoms with van der Waals surface area (Å²) in [6.45, 7) is 4.35. The van der Waals surface area contributed by atoms with Crippen molar-refractivity contribution in [2.45, 2.75) is 31.3 Å². The number of aryl methyl sites for hydroxylation is 1. The molecule has 0 N–H and O–H groups in total. The van der Waals surface area contributed by atoms with Gasteiger partial charge in [-0.15, -0.1) is 0 Å². The Morgan fingerprint density at radius 1 is 1.06 bits per heavy atom. The molecule has 1 aromatic carbocycles. The maximum absolute atomic E-state index is 13.5. The van der Waals surface area contributed by atoms with E-state index in [1.165, 1.54) is 20.1 Å². The monoisotopic (exact) mass is 479 g/mol. The molecule has 0 saturated carbocycles. The van der Waals surface area contributed by atoms with E-state index in [0.717, 1.165) is 5.69 Å². The van der Waals surface area contributed by atoms with Crippen LogP contribution in [0.2, 0.25) is 5.02 Å². The average molecular weight is 480 g/mol. The number of hydrogen-bond acceptors (Lipinski definition) is 6. The zero-order valence-corrected chi connectivity index (χ0v) is 19.5. The highest BCUT2D eigenvalue weighted by molar-refractivity contribution is 7.89. The molecule has 2 fully saturated rings. The number of anilines is 1. The average Bonchev–Trinajstić information content (AvgIpc) is 3.25. The fraction of sp³-hybridized carbons (Fsp3) is 0.476. The predicted molar refractivity (Wildman–Crippen MR) is 120 cm³/mol. The van der Waals surface area contributed by atoms with Crippen molar-refractivity contribution in [1.29, 1.82) is 0 Å². The Morgan fingerprint density at radius 2 is 1.72 bits per heavy atom. The van der Waals surface area contributed by atoms with Crippen LogP contribution in [0.15, 0.2) is 35.5 Å². The smallest absolute Gasteiger partial charge is 0.263 e. The maximum Gasteiger partial charge on any atom is 0.263 e. The minimum Gasteiger partial charge on any atom is -0.368 e. The van der Waals surface area contributed by atoms with E-state index in [0.29, 0.717) is 50.6 Å². The SMILES string of the molecule is CCn1cc(C(=O)N2CCC(=O)CC2)c(S(=O)(=O)N2CCN(c3ccccc3Cl)CC2)n1. The number of likely N-dealkylation sites (tertiary alicyclic amines) is 1. The van der Waals surface area contributed by atoms with E-state index in [-0.39, 0.29) is 29.5 Å². The fourth-order valence-electron chi connectivity index (χ4n) is 4.03. The number of sulfonamides is 1. The second-order valence-electron chi connectivity index (χ2n) is 7.88. The number of para-hydroxylation sites is 1. The maximum atomic E-state index is 13.5. The highest BCUT2D eigenvalue weighted by Gasteiger charge is 2.36. The van der Waals surface area contributed by atoms with Crippen LogP contribution in [0.5, 0.6) is 0 Å². The Labute approximate surface area is 192 Å². The second-order valence-corrected chi connectivity index (χ2v) is 10.1. The topological polar surface area (TPSA) is 95.8 Å². The van der Waals surface area contributed by atoms with Gasteiger partial charge in [0.05, 0.1) is 16.3 Å². The van der Waals surface area contributed by atoms with Crippen LogP contribution >= 0.6 is 11.6 Å². The summed E-state index contributed by atoms with van der Waals surface area (Å²) in [7, 11) is -3.96. The van der Waals surface area contributed by atoms with Crippen molar-refractivity contribution >= 4 is 39.0 Å². The second kappa shape index (κ2) is 9.21. The highest BCUT2D eigenvalue weighted by Crippen LogP contribution is 2.28. The molecule has 9 nitrogen and oxygen atoms in total. The first-order valence-electron chi connectivity index (χ1n) is 10.7. The molecule has 0 spiro atoms. The normalized spacial score (nSPS) is 18.2. The molecule has 1 amide bonds. The van der Waals surface area contributed by atoms with E-state index >= 15 is 0 Å². The van der Waals surface area contributed by atoms with E-state index in [2.05, 4.69) is 10.00 Å². The van der Waals surface area contributed by atoms with Gasteiger partial charge in [-0.05, 0) is 19.1 Å². The van der Waals surface area contributed by atoms with Crippen molar-refractivity contribution in [1.82, 2.24) is 19.0 Å². The molecule has 0 bridgehead atoms. The lowest BCUT2D eigenvalue weighted by molar-refractivity contribution is -0.120. The molecule has 2 aliphatic heterocycles. The molecule has 11 heteroatoms. The first kappa shape index (κ1) is 22.8. The largest absolute Gasteiger partial charge is 0.368 e. The minimum atomic E-state index is -3.96. The first-order chi connectivity index (χ1) is 15.3. The van der Waals surface area contributed by atoms with Gasteiger partial charge in [0.15, 0.2) is 0 Å². The molecule has 0 atom stereocenters. The van der Waals surface area contributed by atoms with E-state index in [1.807, 2.05) is 31.2 Å². The van der Waals surface area contributed by atoms with Gasteiger partial charge in [-0.1, -0.05) is 23.7 Å². The lowest BCUT2D eigenvalue weighted by Crippen LogP contribution is -2.49. The number of Topliss-reactive ketones (excluding diaryl/α,β-unsaturated/α-hetero) is 1. The van der Waals surface area contributed by atoms with Crippen molar-refractivity contribution in [2.24, 2.45) is 0 Å². The van der Waals surface area contributed by atoms with Crippen molar-refractivity contribution in [2.75, 3.05) is 44.2 Å². The van der Waals surface area contributed by atoms with Crippen LogP contribution in [0.3, 0.4) is 0 Å². The number of carbonyl (C=O) groups is 2. The van der Waals surface area contributed by atoms with Gasteiger partial charge >= 0.3 is 0 Å². The molecule has 3 heterocycles. The molecule has 172 valence electrons. The number of halogens is 1. The third-order valence-corrected chi connectivity index (χ3v) is 8.06. The Hall–Kier alpha value is -2.43. The van der Waals surface area contributed by atoms with Crippen molar-refractivity contribution in [3.05, 3.63) is 41.0 Å². The summed E-state index contributed by atoms with van der Waals surface area (Å²) in [5, 5.41) is 4.64. The van der Waals surface area contributed by atoms with Crippen molar-refractivity contribution < 1.29 is 18.0 Å². The van der Waals surface area contributed by atoms with Gasteiger partial charge in [-0.3, -0.25) is 14.3 Å². The van der Waals surface area contributed by atoms with Gasteiger partial charge in [-0.25, -0.2) is 8.42 Å². The van der Waals surface area contributed by atoms with Crippen LogP contribution in [0.25, 0.3) is 0 Å². The van der Waals surface area contributed by atoms with Gasteiger partial charge in [-0.2, -0.15) is 9.40 Å². The lowest BCUT2D eigenvalue weighted by atomic mass is 10.1. The number of aromatic nitrogens is 2. The molecule has 0 unspecified atom stereocenters. The standard InChI is InChI=1S/C21H26ClN5O4S/c1-2-26-15-17(21(29)25-9-7-16(28)8-10-25)20(23-26)32(30,31)27-13-11-24(12-14-27)19-6-4-3-5-18(19)22/h3-6,15H,2,7-14H2,1H3. The van der Waals surface area contributed by atoms with Gasteiger partial charge in [0.1, 0.15) is 5.78 Å². The van der Waals surface area contributed by atoms with Gasteiger partial charge < -0.3 is 9.80 Å². The summed E-state index contributed by atoms with van der Waals surface area (Å²) < 4.78 is 29.8. The van der Waals surface area contributed by atoms with Gasteiger partial charge in [0, 0.05) is 64.9 Å². The van der Waals surface area contributed by atoms with Crippen LogP contribution in [0, 0.1) is 0 Å². The molecule has 0 radical (unpaired) electrons. The summed E-state index contributed by atoms with van der Waals surface area (Å²) in [6, 6.07) is 7.47. The lowest BCUT2D eigenvalue weighted by Gasteiger charge is -2.35. The molecular weight excluding hydrogens is 454 g/mol. The predicted octanol–water partition coefficient (Wildman–Crippen LogP) is 1.87. The number of nitrogens with zero attached hydrogens (tertiary/aromatic N) is 5. The van der Waals surface area contributed by atoms with E-state index < -0.39 is 15.9 Å². The first-order valence-corrected chi connectivity index (χ1v) is 12.5. The van der Waals surface area contributed by atoms with Crippen LogP contribution in [0.4, 0.5) is 5.69 Å². The Balaban J connectivity index is 1.55. The highest BCUT2D eigenvalue weighted by atomic mass is 35.5. The van der Waals surface area contributed by atoms with Crippen molar-refractivity contribution in [3.8, 4) is 0 Å². The Kier molecular flexibility index (Phi) is 6.55. The van der Waals surface area contributed by atoms with Crippen molar-refractivity contribution in [3.63, 3.8) is 0 Å². The number of hydrogen-bond donors (Lipinski definition) is 0. The van der Waals surface area contributed by atoms with E-state index in [9.17, 15) is 18.0 Å². The number of ketones is 1. The number of rotatable bonds is 5. The molecule has 2 aliphatic rings. The third-order valence-electron chi connectivity index (χ3n) is 5.91. The Morgan fingerprint density at radius 3 is 2.34 bits per heavy atom. The van der Waals surface area contributed by atoms with Gasteiger partial charge in [0.2, 0.25) is 5.03 Å².